The summed E-state index contributed by atoms with van der Waals surface area (Å²) in [4.78, 5) is 18.4. The molecule has 0 amide bonds. The molecule has 116 valence electrons. The Morgan fingerprint density at radius 2 is 2.33 bits per heavy atom. The maximum absolute atomic E-state index is 11.9. The van der Waals surface area contributed by atoms with Crippen molar-refractivity contribution in [3.8, 4) is 0 Å². The van der Waals surface area contributed by atoms with Gasteiger partial charge < -0.3 is 20.1 Å². The summed E-state index contributed by atoms with van der Waals surface area (Å²) in [6, 6.07) is 1.82. The van der Waals surface area contributed by atoms with Crippen molar-refractivity contribution in [3.63, 3.8) is 0 Å². The summed E-state index contributed by atoms with van der Waals surface area (Å²) in [6.07, 6.45) is 2.64. The number of carbonyl (C=O) groups excluding carboxylic acids is 1. The fourth-order valence-electron chi connectivity index (χ4n) is 2.52. The molecule has 2 N–H and O–H groups in total. The summed E-state index contributed by atoms with van der Waals surface area (Å²) in [5.41, 5.74) is 6.91. The highest BCUT2D eigenvalue weighted by molar-refractivity contribution is 5.97. The number of carbonyl (C=O) groups is 1. The van der Waals surface area contributed by atoms with Crippen LogP contribution in [0.3, 0.4) is 0 Å². The van der Waals surface area contributed by atoms with Gasteiger partial charge in [-0.3, -0.25) is 0 Å². The van der Waals surface area contributed by atoms with Crippen molar-refractivity contribution >= 4 is 17.5 Å². The van der Waals surface area contributed by atoms with Crippen LogP contribution in [0.5, 0.6) is 0 Å². The third kappa shape index (κ3) is 3.26. The largest absolute Gasteiger partial charge is 0.462 e. The predicted molar refractivity (Wildman–Crippen MR) is 81.4 cm³/mol. The number of morpholine rings is 1. The molecule has 0 bridgehead atoms. The molecule has 1 aromatic heterocycles. The highest BCUT2D eigenvalue weighted by Crippen LogP contribution is 2.29. The Kier molecular flexibility index (Phi) is 5.01. The maximum atomic E-state index is 11.9. The van der Waals surface area contributed by atoms with E-state index in [1.165, 1.54) is 0 Å². The first-order valence-corrected chi connectivity index (χ1v) is 7.38. The summed E-state index contributed by atoms with van der Waals surface area (Å²) in [6.45, 7) is 7.56. The van der Waals surface area contributed by atoms with E-state index in [4.69, 9.17) is 15.2 Å². The molecule has 0 saturated carbocycles. The average molecular weight is 293 g/mol. The Morgan fingerprint density at radius 3 is 3.00 bits per heavy atom. The van der Waals surface area contributed by atoms with E-state index in [-0.39, 0.29) is 12.1 Å². The highest BCUT2D eigenvalue weighted by atomic mass is 16.5. The van der Waals surface area contributed by atoms with Gasteiger partial charge >= 0.3 is 5.97 Å². The van der Waals surface area contributed by atoms with Crippen molar-refractivity contribution in [1.82, 2.24) is 4.98 Å². The predicted octanol–water partition coefficient (Wildman–Crippen LogP) is 1.84. The van der Waals surface area contributed by atoms with Gasteiger partial charge in [0.05, 0.1) is 36.6 Å². The van der Waals surface area contributed by atoms with Crippen LogP contribution in [0.25, 0.3) is 0 Å². The zero-order valence-electron chi connectivity index (χ0n) is 12.8. The van der Waals surface area contributed by atoms with E-state index < -0.39 is 5.97 Å². The van der Waals surface area contributed by atoms with Crippen molar-refractivity contribution in [1.29, 1.82) is 0 Å². The van der Waals surface area contributed by atoms with Gasteiger partial charge in [-0.05, 0) is 26.3 Å². The van der Waals surface area contributed by atoms with Crippen LogP contribution in [0, 0.1) is 0 Å². The Morgan fingerprint density at radius 1 is 1.57 bits per heavy atom. The van der Waals surface area contributed by atoms with Gasteiger partial charge in [0.15, 0.2) is 5.82 Å². The molecule has 2 atom stereocenters. The standard InChI is InChI=1S/C15H23N3O3/c1-4-11-9-21-10(3)8-18(11)14-13(16)12(6-7-17-14)15(19)20-5-2/h6-7,10-11H,4-5,8-9,16H2,1-3H3. The molecule has 1 saturated heterocycles. The number of nitrogen functional groups attached to an aromatic ring is 1. The van der Waals surface area contributed by atoms with Gasteiger partial charge in [0.1, 0.15) is 0 Å². The quantitative estimate of drug-likeness (QED) is 0.854. The van der Waals surface area contributed by atoms with Crippen LogP contribution < -0.4 is 10.6 Å². The number of anilines is 2. The fourth-order valence-corrected chi connectivity index (χ4v) is 2.52. The van der Waals surface area contributed by atoms with Crippen molar-refractivity contribution in [2.75, 3.05) is 30.4 Å². The smallest absolute Gasteiger partial charge is 0.340 e. The molecule has 2 rings (SSSR count). The number of nitrogens with zero attached hydrogens (tertiary/aromatic N) is 2. The lowest BCUT2D eigenvalue weighted by atomic mass is 10.1. The van der Waals surface area contributed by atoms with E-state index in [1.807, 2.05) is 6.92 Å². The fraction of sp³-hybridized carbons (Fsp3) is 0.600. The Balaban J connectivity index is 2.34. The molecule has 21 heavy (non-hydrogen) atoms. The molecular weight excluding hydrogens is 270 g/mol. The minimum Gasteiger partial charge on any atom is -0.462 e. The Hall–Kier alpha value is -1.82. The zero-order chi connectivity index (χ0) is 15.4. The molecule has 2 heterocycles. The van der Waals surface area contributed by atoms with Crippen LogP contribution in [-0.2, 0) is 9.47 Å². The third-order valence-corrected chi connectivity index (χ3v) is 3.68. The second kappa shape index (κ2) is 6.76. The molecule has 0 aromatic carbocycles. The van der Waals surface area contributed by atoms with Crippen LogP contribution >= 0.6 is 0 Å². The summed E-state index contributed by atoms with van der Waals surface area (Å²) >= 11 is 0. The molecule has 6 heteroatoms. The topological polar surface area (TPSA) is 77.7 Å². The van der Waals surface area contributed by atoms with Crippen LogP contribution in [0.1, 0.15) is 37.6 Å². The van der Waals surface area contributed by atoms with Crippen LogP contribution in [0.2, 0.25) is 0 Å². The first-order chi connectivity index (χ1) is 10.1. The van der Waals surface area contributed by atoms with Crippen molar-refractivity contribution in [3.05, 3.63) is 17.8 Å². The number of aromatic nitrogens is 1. The number of esters is 1. The highest BCUT2D eigenvalue weighted by Gasteiger charge is 2.29. The van der Waals surface area contributed by atoms with Crippen LogP contribution in [0.15, 0.2) is 12.3 Å². The average Bonchev–Trinajstić information content (AvgIpc) is 2.47. The van der Waals surface area contributed by atoms with Gasteiger partial charge in [-0.25, -0.2) is 9.78 Å². The van der Waals surface area contributed by atoms with Crippen molar-refractivity contribution in [2.45, 2.75) is 39.3 Å². The number of hydrogen-bond donors (Lipinski definition) is 1. The summed E-state index contributed by atoms with van der Waals surface area (Å²) in [7, 11) is 0. The van der Waals surface area contributed by atoms with Crippen molar-refractivity contribution in [2.24, 2.45) is 0 Å². The minimum atomic E-state index is -0.409. The molecule has 1 fully saturated rings. The summed E-state index contributed by atoms with van der Waals surface area (Å²) < 4.78 is 10.7. The van der Waals surface area contributed by atoms with Crippen LogP contribution in [-0.4, -0.2) is 42.9 Å². The van der Waals surface area contributed by atoms with Gasteiger partial charge in [0.25, 0.3) is 0 Å². The summed E-state index contributed by atoms with van der Waals surface area (Å²) in [5, 5.41) is 0. The summed E-state index contributed by atoms with van der Waals surface area (Å²) in [5.74, 6) is 0.232. The van der Waals surface area contributed by atoms with E-state index >= 15 is 0 Å². The SMILES string of the molecule is CCOC(=O)c1ccnc(N2CC(C)OCC2CC)c1N. The number of ether oxygens (including phenoxy) is 2. The number of hydrogen-bond acceptors (Lipinski definition) is 6. The molecule has 6 nitrogen and oxygen atoms in total. The molecule has 1 aliphatic heterocycles. The monoisotopic (exact) mass is 293 g/mol. The Bertz CT molecular complexity index is 507. The first kappa shape index (κ1) is 15.6. The molecule has 1 aliphatic rings. The van der Waals surface area contributed by atoms with Gasteiger partial charge in [-0.2, -0.15) is 0 Å². The lowest BCUT2D eigenvalue weighted by Gasteiger charge is -2.39. The second-order valence-electron chi connectivity index (χ2n) is 5.17. The van der Waals surface area contributed by atoms with Crippen LogP contribution in [0.4, 0.5) is 11.5 Å². The Labute approximate surface area is 125 Å². The number of nitrogens with two attached hydrogens (primary N) is 1. The lowest BCUT2D eigenvalue weighted by Crippen LogP contribution is -2.49. The van der Waals surface area contributed by atoms with E-state index in [0.29, 0.717) is 36.8 Å². The van der Waals surface area contributed by atoms with Gasteiger partial charge in [-0.15, -0.1) is 0 Å². The van der Waals surface area contributed by atoms with E-state index in [1.54, 1.807) is 19.2 Å². The van der Waals surface area contributed by atoms with E-state index in [2.05, 4.69) is 16.8 Å². The van der Waals surface area contributed by atoms with Gasteiger partial charge in [0.2, 0.25) is 0 Å². The van der Waals surface area contributed by atoms with Gasteiger partial charge in [0, 0.05) is 12.7 Å². The van der Waals surface area contributed by atoms with E-state index in [9.17, 15) is 4.79 Å². The normalized spacial score (nSPS) is 22.1. The second-order valence-corrected chi connectivity index (χ2v) is 5.17. The molecular formula is C15H23N3O3. The number of rotatable bonds is 4. The minimum absolute atomic E-state index is 0.111. The third-order valence-electron chi connectivity index (χ3n) is 3.68. The van der Waals surface area contributed by atoms with Gasteiger partial charge in [-0.1, -0.05) is 6.92 Å². The number of pyridine rings is 1. The lowest BCUT2D eigenvalue weighted by molar-refractivity contribution is 0.0297. The van der Waals surface area contributed by atoms with E-state index in [0.717, 1.165) is 6.42 Å². The van der Waals surface area contributed by atoms with Crippen molar-refractivity contribution < 1.29 is 14.3 Å². The molecule has 0 radical (unpaired) electrons. The maximum Gasteiger partial charge on any atom is 0.340 e. The molecule has 0 spiro atoms. The molecule has 1 aromatic rings. The molecule has 2 unspecified atom stereocenters. The zero-order valence-corrected chi connectivity index (χ0v) is 12.8. The first-order valence-electron chi connectivity index (χ1n) is 7.38. The molecule has 0 aliphatic carbocycles.